The maximum Gasteiger partial charge on any atom is 0.417 e. The highest BCUT2D eigenvalue weighted by molar-refractivity contribution is 7.81. The number of piperidine rings is 1. The van der Waals surface area contributed by atoms with Crippen LogP contribution in [0, 0.1) is 17.2 Å². The van der Waals surface area contributed by atoms with Crippen LogP contribution in [0.2, 0.25) is 0 Å². The second kappa shape index (κ2) is 17.6. The van der Waals surface area contributed by atoms with Crippen LogP contribution in [0.1, 0.15) is 75.3 Å². The third kappa shape index (κ3) is 9.35. The maximum absolute atomic E-state index is 13.8. The molecule has 1 N–H and O–H groups in total. The van der Waals surface area contributed by atoms with Gasteiger partial charge in [0.2, 0.25) is 11.8 Å². The largest absolute Gasteiger partial charge is 0.492 e. The predicted octanol–water partition coefficient (Wildman–Crippen LogP) is 6.24. The summed E-state index contributed by atoms with van der Waals surface area (Å²) < 4.78 is 47.6. The molecule has 0 aliphatic carbocycles. The van der Waals surface area contributed by atoms with Crippen LogP contribution in [0.15, 0.2) is 60.7 Å². The molecule has 3 heterocycles. The van der Waals surface area contributed by atoms with E-state index in [2.05, 4.69) is 22.0 Å². The van der Waals surface area contributed by atoms with Crippen molar-refractivity contribution in [3.05, 3.63) is 88.5 Å². The van der Waals surface area contributed by atoms with Crippen LogP contribution >= 0.6 is 12.2 Å². The van der Waals surface area contributed by atoms with Crippen molar-refractivity contribution in [2.75, 3.05) is 42.6 Å². The SMILES string of the molecule is CCc1cc(N2C(=S)N(c3ccc(C#N)c(C(F)(F)F)c3)C(=O)C2(C)C)ccc1OCCN1CCN([C@H](C)C(=O)Cc2cccc(CC3CCC(=O)NC3=O)c2)[C@@H](C)C1. The van der Waals surface area contributed by atoms with Gasteiger partial charge < -0.3 is 9.64 Å². The van der Waals surface area contributed by atoms with Crippen molar-refractivity contribution in [3.8, 4) is 11.8 Å². The number of alkyl halides is 3. The molecule has 3 aromatic rings. The molecule has 3 aliphatic heterocycles. The molecule has 312 valence electrons. The maximum atomic E-state index is 13.8. The van der Waals surface area contributed by atoms with Gasteiger partial charge in [-0.25, -0.2) is 0 Å². The number of ether oxygens (including phenoxy) is 1. The van der Waals surface area contributed by atoms with E-state index in [1.807, 2.05) is 50.2 Å². The number of nitriles is 1. The Morgan fingerprint density at radius 3 is 2.46 bits per heavy atom. The van der Waals surface area contributed by atoms with Crippen LogP contribution in [-0.2, 0) is 44.6 Å². The van der Waals surface area contributed by atoms with Crippen molar-refractivity contribution >= 4 is 52.2 Å². The number of hydrogen-bond acceptors (Lipinski definition) is 9. The fourth-order valence-electron chi connectivity index (χ4n) is 8.31. The highest BCUT2D eigenvalue weighted by Gasteiger charge is 2.51. The lowest BCUT2D eigenvalue weighted by Crippen LogP contribution is -2.57. The Kier molecular flexibility index (Phi) is 12.9. The van der Waals surface area contributed by atoms with E-state index in [1.165, 1.54) is 6.07 Å². The molecule has 59 heavy (non-hydrogen) atoms. The summed E-state index contributed by atoms with van der Waals surface area (Å²) in [5.41, 5.74) is 0.374. The Balaban J connectivity index is 1.03. The summed E-state index contributed by atoms with van der Waals surface area (Å²) in [5.74, 6) is -0.421. The van der Waals surface area contributed by atoms with Gasteiger partial charge in [0.15, 0.2) is 10.9 Å². The van der Waals surface area contributed by atoms with Crippen LogP contribution in [0.4, 0.5) is 24.5 Å². The smallest absolute Gasteiger partial charge is 0.417 e. The number of rotatable bonds is 13. The molecule has 3 atom stereocenters. The van der Waals surface area contributed by atoms with Gasteiger partial charge in [-0.1, -0.05) is 31.2 Å². The van der Waals surface area contributed by atoms with Gasteiger partial charge in [-0.2, -0.15) is 18.4 Å². The van der Waals surface area contributed by atoms with E-state index in [4.69, 9.17) is 17.0 Å². The molecule has 0 aromatic heterocycles. The summed E-state index contributed by atoms with van der Waals surface area (Å²) in [6.45, 7) is 12.7. The third-order valence-electron chi connectivity index (χ3n) is 11.6. The van der Waals surface area contributed by atoms with Gasteiger partial charge >= 0.3 is 6.18 Å². The van der Waals surface area contributed by atoms with Crippen LogP contribution in [0.25, 0.3) is 0 Å². The zero-order valence-corrected chi connectivity index (χ0v) is 34.7. The second-order valence-corrected chi connectivity index (χ2v) is 16.4. The Labute approximate surface area is 348 Å². The quantitative estimate of drug-likeness (QED) is 0.157. The van der Waals surface area contributed by atoms with Crippen molar-refractivity contribution in [3.63, 3.8) is 0 Å². The molecule has 3 saturated heterocycles. The number of thiocarbonyl (C=S) groups is 1. The fourth-order valence-corrected chi connectivity index (χ4v) is 8.83. The van der Waals surface area contributed by atoms with Gasteiger partial charge in [-0.05, 0) is 112 Å². The Bertz CT molecular complexity index is 2190. The molecule has 3 amide bonds. The Morgan fingerprint density at radius 1 is 1.05 bits per heavy atom. The number of benzene rings is 3. The summed E-state index contributed by atoms with van der Waals surface area (Å²) in [4.78, 5) is 58.3. The highest BCUT2D eigenvalue weighted by Crippen LogP contribution is 2.40. The number of anilines is 2. The molecule has 11 nitrogen and oxygen atoms in total. The molecule has 0 bridgehead atoms. The number of nitrogens with zero attached hydrogens (tertiary/aromatic N) is 5. The summed E-state index contributed by atoms with van der Waals surface area (Å²) in [6, 6.07) is 17.8. The predicted molar refractivity (Wildman–Crippen MR) is 221 cm³/mol. The molecule has 3 aliphatic rings. The van der Waals surface area contributed by atoms with Crippen LogP contribution in [-0.4, -0.2) is 88.8 Å². The van der Waals surface area contributed by atoms with E-state index >= 15 is 0 Å². The van der Waals surface area contributed by atoms with Crippen molar-refractivity contribution in [2.24, 2.45) is 5.92 Å². The number of carbonyl (C=O) groups is 4. The topological polar surface area (TPSA) is 126 Å². The molecule has 3 aromatic carbocycles. The van der Waals surface area contributed by atoms with Crippen LogP contribution in [0.5, 0.6) is 5.75 Å². The van der Waals surface area contributed by atoms with Crippen molar-refractivity contribution < 1.29 is 37.1 Å². The van der Waals surface area contributed by atoms with E-state index < -0.39 is 28.7 Å². The van der Waals surface area contributed by atoms with Crippen molar-refractivity contribution in [1.29, 1.82) is 5.26 Å². The van der Waals surface area contributed by atoms with Crippen LogP contribution < -0.4 is 19.9 Å². The lowest BCUT2D eigenvalue weighted by molar-refractivity contribution is -0.138. The molecule has 3 fully saturated rings. The lowest BCUT2D eigenvalue weighted by Gasteiger charge is -2.42. The van der Waals surface area contributed by atoms with E-state index in [1.54, 1.807) is 30.9 Å². The highest BCUT2D eigenvalue weighted by atomic mass is 32.1. The molecule has 1 unspecified atom stereocenters. The molecule has 6 rings (SSSR count). The minimum atomic E-state index is -4.79. The van der Waals surface area contributed by atoms with Gasteiger partial charge in [0, 0.05) is 56.7 Å². The van der Waals surface area contributed by atoms with Gasteiger partial charge in [0.25, 0.3) is 5.91 Å². The standard InChI is InChI=1S/C44H49F3N6O5S/c1-6-31-23-35(53-42(59)52(41(57)43(53,4)5)34-12-10-33(25-48)36(24-34)44(45,46)47)13-14-38(31)58-19-18-50-16-17-51(27(2)26-50)28(3)37(54)22-30-9-7-8-29(20-30)21-32-11-15-39(55)49-40(32)56/h7-10,12-14,20,23-24,27-28,32H,6,11,15-19,21-22,26H2,1-5H3,(H,49,55,56)/t27-,28+,32?/m0/s1. The average Bonchev–Trinajstić information content (AvgIpc) is 3.37. The first-order valence-corrected chi connectivity index (χ1v) is 20.3. The van der Waals surface area contributed by atoms with E-state index in [0.29, 0.717) is 56.7 Å². The Hall–Kier alpha value is -5.17. The summed E-state index contributed by atoms with van der Waals surface area (Å²) in [7, 11) is 0. The van der Waals surface area contributed by atoms with Gasteiger partial charge in [-0.3, -0.25) is 39.2 Å². The number of ketones is 1. The van der Waals surface area contributed by atoms with E-state index in [0.717, 1.165) is 53.4 Å². The number of hydrogen-bond donors (Lipinski definition) is 1. The minimum absolute atomic E-state index is 0.0223. The summed E-state index contributed by atoms with van der Waals surface area (Å²) in [6.07, 6.45) is -2.50. The monoisotopic (exact) mass is 830 g/mol. The van der Waals surface area contributed by atoms with Gasteiger partial charge in [-0.15, -0.1) is 0 Å². The summed E-state index contributed by atoms with van der Waals surface area (Å²) >= 11 is 5.72. The molecule has 0 saturated carbocycles. The first-order valence-electron chi connectivity index (χ1n) is 19.9. The second-order valence-electron chi connectivity index (χ2n) is 16.0. The Morgan fingerprint density at radius 2 is 1.78 bits per heavy atom. The zero-order chi connectivity index (χ0) is 42.8. The fraction of sp³-hybridized carbons (Fsp3) is 0.455. The molecular formula is C44H49F3N6O5S. The average molecular weight is 831 g/mol. The van der Waals surface area contributed by atoms with Crippen molar-refractivity contribution in [2.45, 2.75) is 90.5 Å². The molecular weight excluding hydrogens is 782 g/mol. The minimum Gasteiger partial charge on any atom is -0.492 e. The van der Waals surface area contributed by atoms with E-state index in [-0.39, 0.29) is 46.4 Å². The van der Waals surface area contributed by atoms with Gasteiger partial charge in [0.1, 0.15) is 17.9 Å². The third-order valence-corrected chi connectivity index (χ3v) is 12.0. The first kappa shape index (κ1) is 43.4. The van der Waals surface area contributed by atoms with Crippen LogP contribution in [0.3, 0.4) is 0 Å². The number of imide groups is 1. The molecule has 0 radical (unpaired) electrons. The zero-order valence-electron chi connectivity index (χ0n) is 33.9. The van der Waals surface area contributed by atoms with E-state index in [9.17, 15) is 37.6 Å². The lowest BCUT2D eigenvalue weighted by atomic mass is 9.90. The number of nitrogens with one attached hydrogen (secondary N) is 1. The normalized spacial score (nSPS) is 20.7. The van der Waals surface area contributed by atoms with Crippen molar-refractivity contribution in [1.82, 2.24) is 15.1 Å². The number of halogens is 3. The number of aryl methyl sites for hydroxylation is 1. The molecule has 0 spiro atoms. The number of amides is 3. The van der Waals surface area contributed by atoms with Gasteiger partial charge in [0.05, 0.1) is 28.9 Å². The number of piperazine rings is 1. The number of Topliss-reactive ketones (excluding diaryl/α,β-unsaturated/α-hetero) is 1. The summed E-state index contributed by atoms with van der Waals surface area (Å²) in [5, 5.41) is 11.7. The molecule has 15 heteroatoms. The first-order chi connectivity index (χ1) is 27.9. The number of carbonyl (C=O) groups excluding carboxylic acids is 4.